The summed E-state index contributed by atoms with van der Waals surface area (Å²) in [6.07, 6.45) is -0.230. The first-order valence-corrected chi connectivity index (χ1v) is 9.92. The van der Waals surface area contributed by atoms with Crippen molar-refractivity contribution >= 4 is 17.7 Å². The van der Waals surface area contributed by atoms with Crippen LogP contribution in [0, 0.1) is 0 Å². The lowest BCUT2D eigenvalue weighted by molar-refractivity contribution is -0.128. The Morgan fingerprint density at radius 1 is 1.24 bits per heavy atom. The van der Waals surface area contributed by atoms with E-state index in [1.807, 2.05) is 24.3 Å². The summed E-state index contributed by atoms with van der Waals surface area (Å²) >= 11 is 1.24. The zero-order valence-electron chi connectivity index (χ0n) is 15.6. The summed E-state index contributed by atoms with van der Waals surface area (Å²) in [7, 11) is 1.73. The molecule has 0 bridgehead atoms. The van der Waals surface area contributed by atoms with E-state index < -0.39 is 0 Å². The summed E-state index contributed by atoms with van der Waals surface area (Å²) in [4.78, 5) is 14.2. The van der Waals surface area contributed by atoms with Crippen LogP contribution in [0.4, 0.5) is 0 Å². The summed E-state index contributed by atoms with van der Waals surface area (Å²) in [5.74, 6) is 1.67. The number of fused-ring (bicyclic) bond motifs is 1. The minimum absolute atomic E-state index is 0.0716. The Morgan fingerprint density at radius 2 is 2.00 bits per heavy atom. The van der Waals surface area contributed by atoms with Gasteiger partial charge in [0, 0.05) is 7.05 Å². The van der Waals surface area contributed by atoms with Crippen LogP contribution in [0.25, 0.3) is 5.69 Å². The minimum Gasteiger partial charge on any atom is -0.508 e. The zero-order valence-corrected chi connectivity index (χ0v) is 16.5. The number of benzene rings is 2. The first-order valence-electron chi connectivity index (χ1n) is 8.93. The number of aromatic nitrogens is 4. The highest BCUT2D eigenvalue weighted by Crippen LogP contribution is 2.31. The lowest BCUT2D eigenvalue weighted by Gasteiger charge is -2.29. The summed E-state index contributed by atoms with van der Waals surface area (Å²) in [6, 6.07) is 14.0. The van der Waals surface area contributed by atoms with Crippen LogP contribution in [0.2, 0.25) is 0 Å². The summed E-state index contributed by atoms with van der Waals surface area (Å²) in [5, 5.41) is 21.5. The Bertz CT molecular complexity index is 994. The highest BCUT2D eigenvalue weighted by Gasteiger charge is 2.24. The monoisotopic (exact) mass is 413 g/mol. The molecule has 9 nitrogen and oxygen atoms in total. The Labute approximate surface area is 171 Å². The number of ether oxygens (including phenoxy) is 2. The molecule has 0 radical (unpaired) electrons. The first-order chi connectivity index (χ1) is 14.1. The van der Waals surface area contributed by atoms with Gasteiger partial charge in [0.05, 0.1) is 18.0 Å². The third-order valence-corrected chi connectivity index (χ3v) is 5.23. The first kappa shape index (κ1) is 19.1. The fourth-order valence-corrected chi connectivity index (χ4v) is 3.65. The van der Waals surface area contributed by atoms with Gasteiger partial charge in [-0.25, -0.2) is 0 Å². The average molecular weight is 413 g/mol. The molecule has 0 spiro atoms. The summed E-state index contributed by atoms with van der Waals surface area (Å²) in [6.45, 7) is 0.803. The van der Waals surface area contributed by atoms with Crippen LogP contribution in [-0.4, -0.2) is 68.2 Å². The van der Waals surface area contributed by atoms with E-state index in [0.29, 0.717) is 35.5 Å². The normalized spacial score (nSPS) is 15.1. The van der Waals surface area contributed by atoms with Gasteiger partial charge in [-0.1, -0.05) is 23.9 Å². The number of nitrogens with zero attached hydrogens (tertiary/aromatic N) is 5. The number of carbonyl (C=O) groups excluding carboxylic acids is 1. The van der Waals surface area contributed by atoms with E-state index in [2.05, 4.69) is 15.5 Å². The highest BCUT2D eigenvalue weighted by molar-refractivity contribution is 7.99. The van der Waals surface area contributed by atoms with Crippen molar-refractivity contribution in [2.75, 3.05) is 26.0 Å². The van der Waals surface area contributed by atoms with Crippen LogP contribution in [0.1, 0.15) is 0 Å². The van der Waals surface area contributed by atoms with Gasteiger partial charge in [0.15, 0.2) is 17.6 Å². The van der Waals surface area contributed by atoms with Crippen LogP contribution in [0.5, 0.6) is 17.2 Å². The molecule has 0 saturated heterocycles. The third kappa shape index (κ3) is 4.43. The number of phenols is 1. The smallest absolute Gasteiger partial charge is 0.232 e. The molecule has 2 heterocycles. The van der Waals surface area contributed by atoms with Crippen molar-refractivity contribution in [3.63, 3.8) is 0 Å². The number of aromatic hydroxyl groups is 1. The van der Waals surface area contributed by atoms with Gasteiger partial charge in [-0.05, 0) is 46.8 Å². The fourth-order valence-electron chi connectivity index (χ4n) is 2.82. The Hall–Kier alpha value is -3.27. The number of thioether (sulfide) groups is 1. The predicted octanol–water partition coefficient (Wildman–Crippen LogP) is 1.76. The van der Waals surface area contributed by atoms with E-state index in [1.54, 1.807) is 36.2 Å². The summed E-state index contributed by atoms with van der Waals surface area (Å²) in [5.41, 5.74) is 0.697. The van der Waals surface area contributed by atoms with Crippen LogP contribution < -0.4 is 9.47 Å². The van der Waals surface area contributed by atoms with Crippen molar-refractivity contribution in [2.24, 2.45) is 0 Å². The predicted molar refractivity (Wildman–Crippen MR) is 106 cm³/mol. The van der Waals surface area contributed by atoms with Gasteiger partial charge in [0.1, 0.15) is 12.4 Å². The number of phenolic OH excluding ortho intramolecular Hbond substituents is 1. The Kier molecular flexibility index (Phi) is 5.52. The van der Waals surface area contributed by atoms with Gasteiger partial charge in [-0.15, -0.1) is 5.10 Å². The molecule has 10 heteroatoms. The molecule has 4 rings (SSSR count). The number of carbonyl (C=O) groups is 1. The quantitative estimate of drug-likeness (QED) is 0.610. The second-order valence-corrected chi connectivity index (χ2v) is 7.39. The molecular formula is C19H19N5O4S. The fraction of sp³-hybridized carbons (Fsp3) is 0.263. The van der Waals surface area contributed by atoms with Crippen LogP contribution >= 0.6 is 11.8 Å². The minimum atomic E-state index is -0.230. The molecule has 29 heavy (non-hydrogen) atoms. The van der Waals surface area contributed by atoms with Crippen LogP contribution in [0.3, 0.4) is 0 Å². The van der Waals surface area contributed by atoms with Crippen molar-refractivity contribution in [1.29, 1.82) is 0 Å². The maximum atomic E-state index is 12.5. The molecule has 1 aromatic heterocycles. The number of hydrogen-bond donors (Lipinski definition) is 1. The Morgan fingerprint density at radius 3 is 2.79 bits per heavy atom. The van der Waals surface area contributed by atoms with E-state index in [4.69, 9.17) is 9.47 Å². The molecule has 150 valence electrons. The number of rotatable bonds is 6. The Balaban J connectivity index is 1.32. The zero-order chi connectivity index (χ0) is 20.2. The molecule has 2 aromatic carbocycles. The average Bonchev–Trinajstić information content (AvgIpc) is 3.21. The van der Waals surface area contributed by atoms with Crippen molar-refractivity contribution in [3.8, 4) is 22.9 Å². The molecule has 1 aliphatic heterocycles. The maximum Gasteiger partial charge on any atom is 0.232 e. The van der Waals surface area contributed by atoms with Crippen molar-refractivity contribution in [2.45, 2.75) is 11.3 Å². The number of likely N-dealkylation sites (N-methyl/N-ethyl adjacent to an activating group) is 1. The largest absolute Gasteiger partial charge is 0.508 e. The van der Waals surface area contributed by atoms with Gasteiger partial charge in [0.2, 0.25) is 11.1 Å². The van der Waals surface area contributed by atoms with Crippen molar-refractivity contribution in [3.05, 3.63) is 48.5 Å². The van der Waals surface area contributed by atoms with E-state index in [0.717, 1.165) is 0 Å². The standard InChI is InChI=1S/C19H19N5O4S/c1-23(10-15-11-27-16-4-2-3-5-17(16)28-15)18(26)12-29-19-20-21-22-24(19)13-6-8-14(25)9-7-13/h2-9,15,25H,10-12H2,1H3/t15-/m1/s1. The molecule has 1 N–H and O–H groups in total. The maximum absolute atomic E-state index is 12.5. The molecule has 1 aliphatic rings. The van der Waals surface area contributed by atoms with Gasteiger partial charge < -0.3 is 19.5 Å². The molecular weight excluding hydrogens is 394 g/mol. The van der Waals surface area contributed by atoms with Crippen LogP contribution in [-0.2, 0) is 4.79 Å². The number of para-hydroxylation sites is 2. The van der Waals surface area contributed by atoms with Crippen molar-refractivity contribution < 1.29 is 19.4 Å². The molecule has 1 atom stereocenters. The molecule has 0 aliphatic carbocycles. The van der Waals surface area contributed by atoms with E-state index in [-0.39, 0.29) is 23.5 Å². The molecule has 3 aromatic rings. The SMILES string of the molecule is CN(C[C@@H]1COc2ccccc2O1)C(=O)CSc1nnnn1-c1ccc(O)cc1. The van der Waals surface area contributed by atoms with E-state index in [1.165, 1.54) is 16.4 Å². The molecule has 0 fully saturated rings. The summed E-state index contributed by atoms with van der Waals surface area (Å²) < 4.78 is 13.1. The third-order valence-electron chi connectivity index (χ3n) is 4.33. The number of amides is 1. The van der Waals surface area contributed by atoms with Crippen molar-refractivity contribution in [1.82, 2.24) is 25.1 Å². The van der Waals surface area contributed by atoms with Gasteiger partial charge in [-0.2, -0.15) is 4.68 Å². The number of hydrogen-bond acceptors (Lipinski definition) is 8. The lowest BCUT2D eigenvalue weighted by Crippen LogP contribution is -2.42. The topological polar surface area (TPSA) is 103 Å². The van der Waals surface area contributed by atoms with Crippen LogP contribution in [0.15, 0.2) is 53.7 Å². The molecule has 0 saturated carbocycles. The van der Waals surface area contributed by atoms with Gasteiger partial charge >= 0.3 is 0 Å². The second-order valence-electron chi connectivity index (χ2n) is 6.45. The highest BCUT2D eigenvalue weighted by atomic mass is 32.2. The van der Waals surface area contributed by atoms with E-state index >= 15 is 0 Å². The van der Waals surface area contributed by atoms with E-state index in [9.17, 15) is 9.90 Å². The van der Waals surface area contributed by atoms with Gasteiger partial charge in [-0.3, -0.25) is 4.79 Å². The second kappa shape index (κ2) is 8.39. The van der Waals surface area contributed by atoms with Gasteiger partial charge in [0.25, 0.3) is 0 Å². The number of tetrazole rings is 1. The molecule has 0 unspecified atom stereocenters. The molecule has 1 amide bonds. The lowest BCUT2D eigenvalue weighted by atomic mass is 10.2.